The Morgan fingerprint density at radius 2 is 2.31 bits per heavy atom. The first kappa shape index (κ1) is 11.3. The number of rotatable bonds is 3. The van der Waals surface area contributed by atoms with Gasteiger partial charge in [-0.3, -0.25) is 0 Å². The lowest BCUT2D eigenvalue weighted by atomic mass is 10.3. The molecule has 2 heterocycles. The van der Waals surface area contributed by atoms with Crippen molar-refractivity contribution >= 4 is 28.6 Å². The van der Waals surface area contributed by atoms with Crippen molar-refractivity contribution < 1.29 is 9.53 Å². The lowest BCUT2D eigenvalue weighted by molar-refractivity contribution is 0.0596. The zero-order valence-corrected chi connectivity index (χ0v) is 10.7. The fourth-order valence-electron chi connectivity index (χ4n) is 1.35. The number of carbonyl (C=O) groups is 1. The van der Waals surface area contributed by atoms with Gasteiger partial charge < -0.3 is 4.74 Å². The van der Waals surface area contributed by atoms with Gasteiger partial charge in [-0.05, 0) is 18.6 Å². The molecule has 0 radical (unpaired) electrons. The zero-order valence-electron chi connectivity index (χ0n) is 9.02. The lowest BCUT2D eigenvalue weighted by Crippen LogP contribution is -2.02. The molecule has 0 aromatic carbocycles. The van der Waals surface area contributed by atoms with E-state index in [2.05, 4.69) is 18.0 Å². The van der Waals surface area contributed by atoms with E-state index < -0.39 is 0 Å². The number of aryl methyl sites for hydroxylation is 1. The summed E-state index contributed by atoms with van der Waals surface area (Å²) in [7, 11) is 1.37. The summed E-state index contributed by atoms with van der Waals surface area (Å²) in [6, 6.07) is 4.12. The fourth-order valence-corrected chi connectivity index (χ4v) is 3.21. The number of hydrogen-bond donors (Lipinski definition) is 0. The molecule has 0 fully saturated rings. The Bertz CT molecular complexity index is 502. The summed E-state index contributed by atoms with van der Waals surface area (Å²) in [6.07, 6.45) is 1.01. The number of aromatic nitrogens is 1. The van der Waals surface area contributed by atoms with Crippen molar-refractivity contribution in [1.82, 2.24) is 4.98 Å². The van der Waals surface area contributed by atoms with E-state index in [0.717, 1.165) is 16.2 Å². The third-order valence-corrected chi connectivity index (χ3v) is 4.42. The van der Waals surface area contributed by atoms with Crippen molar-refractivity contribution in [1.29, 1.82) is 0 Å². The smallest absolute Gasteiger partial charge is 0.358 e. The summed E-state index contributed by atoms with van der Waals surface area (Å²) in [6.45, 7) is 2.11. The van der Waals surface area contributed by atoms with Crippen LogP contribution >= 0.6 is 22.7 Å². The van der Waals surface area contributed by atoms with E-state index in [4.69, 9.17) is 4.74 Å². The van der Waals surface area contributed by atoms with Crippen LogP contribution in [0.4, 0.5) is 0 Å². The molecule has 5 heteroatoms. The van der Waals surface area contributed by atoms with Gasteiger partial charge in [-0.2, -0.15) is 0 Å². The molecule has 0 amide bonds. The molecule has 16 heavy (non-hydrogen) atoms. The van der Waals surface area contributed by atoms with Gasteiger partial charge >= 0.3 is 5.97 Å². The molecule has 0 bridgehead atoms. The molecule has 0 N–H and O–H groups in total. The maximum atomic E-state index is 11.5. The van der Waals surface area contributed by atoms with E-state index in [1.807, 2.05) is 6.07 Å². The molecule has 0 saturated carbocycles. The highest BCUT2D eigenvalue weighted by atomic mass is 32.1. The average Bonchev–Trinajstić information content (AvgIpc) is 2.95. The Balaban J connectivity index is 2.40. The first-order chi connectivity index (χ1) is 7.76. The average molecular weight is 253 g/mol. The second-order valence-electron chi connectivity index (χ2n) is 3.14. The molecule has 3 nitrogen and oxygen atoms in total. The van der Waals surface area contributed by atoms with E-state index >= 15 is 0 Å². The summed E-state index contributed by atoms with van der Waals surface area (Å²) in [5, 5.41) is 0. The van der Waals surface area contributed by atoms with Crippen molar-refractivity contribution in [2.45, 2.75) is 13.3 Å². The molecule has 2 aromatic heterocycles. The first-order valence-electron chi connectivity index (χ1n) is 4.87. The van der Waals surface area contributed by atoms with Crippen LogP contribution in [-0.4, -0.2) is 18.1 Å². The summed E-state index contributed by atoms with van der Waals surface area (Å²) < 4.78 is 4.70. The fraction of sp³-hybridized carbons (Fsp3) is 0.273. The van der Waals surface area contributed by atoms with Gasteiger partial charge in [0.25, 0.3) is 0 Å². The van der Waals surface area contributed by atoms with E-state index in [0.29, 0.717) is 5.69 Å². The topological polar surface area (TPSA) is 39.2 Å². The number of carbonyl (C=O) groups excluding carboxylic acids is 1. The monoisotopic (exact) mass is 253 g/mol. The van der Waals surface area contributed by atoms with Crippen LogP contribution in [0.5, 0.6) is 0 Å². The van der Waals surface area contributed by atoms with Gasteiger partial charge in [0.2, 0.25) is 0 Å². The third-order valence-electron chi connectivity index (χ3n) is 2.18. The van der Waals surface area contributed by atoms with Crippen molar-refractivity contribution in [3.63, 3.8) is 0 Å². The van der Waals surface area contributed by atoms with Gasteiger partial charge in [0.15, 0.2) is 5.69 Å². The van der Waals surface area contributed by atoms with Crippen molar-refractivity contribution in [2.75, 3.05) is 7.11 Å². The summed E-state index contributed by atoms with van der Waals surface area (Å²) in [5.74, 6) is -0.373. The maximum Gasteiger partial charge on any atom is 0.358 e. The number of ether oxygens (including phenoxy) is 1. The molecule has 0 saturated heterocycles. The minimum Gasteiger partial charge on any atom is -0.464 e. The van der Waals surface area contributed by atoms with Crippen LogP contribution in [0, 0.1) is 0 Å². The predicted molar refractivity (Wildman–Crippen MR) is 66.1 cm³/mol. The van der Waals surface area contributed by atoms with E-state index in [-0.39, 0.29) is 5.97 Å². The summed E-state index contributed by atoms with van der Waals surface area (Å²) in [5.41, 5.74) is 2.09. The van der Waals surface area contributed by atoms with Crippen LogP contribution in [0.3, 0.4) is 0 Å². The molecule has 2 aromatic rings. The molecule has 2 rings (SSSR count). The van der Waals surface area contributed by atoms with Crippen molar-refractivity contribution in [2.24, 2.45) is 0 Å². The Morgan fingerprint density at radius 3 is 2.94 bits per heavy atom. The molecule has 0 aliphatic heterocycles. The molecule has 0 aliphatic carbocycles. The van der Waals surface area contributed by atoms with E-state index in [1.54, 1.807) is 16.8 Å². The number of esters is 1. The molecule has 84 valence electrons. The largest absolute Gasteiger partial charge is 0.464 e. The lowest BCUT2D eigenvalue weighted by Gasteiger charge is -1.97. The normalized spacial score (nSPS) is 10.4. The predicted octanol–water partition coefficient (Wildman–Crippen LogP) is 3.22. The van der Waals surface area contributed by atoms with Crippen LogP contribution in [-0.2, 0) is 11.2 Å². The highest BCUT2D eigenvalue weighted by Gasteiger charge is 2.17. The highest BCUT2D eigenvalue weighted by molar-refractivity contribution is 7.21. The Morgan fingerprint density at radius 1 is 1.50 bits per heavy atom. The van der Waals surface area contributed by atoms with Gasteiger partial charge in [-0.1, -0.05) is 6.92 Å². The van der Waals surface area contributed by atoms with Crippen molar-refractivity contribution in [3.05, 3.63) is 28.2 Å². The van der Waals surface area contributed by atoms with Crippen LogP contribution < -0.4 is 0 Å². The number of nitrogens with zero attached hydrogens (tertiary/aromatic N) is 1. The SMILES string of the molecule is CCc1ccc(-c2scnc2C(=O)OC)s1. The van der Waals surface area contributed by atoms with Gasteiger partial charge in [-0.25, -0.2) is 9.78 Å². The summed E-state index contributed by atoms with van der Waals surface area (Å²) in [4.78, 5) is 18.8. The van der Waals surface area contributed by atoms with Crippen LogP contribution in [0.15, 0.2) is 17.6 Å². The highest BCUT2D eigenvalue weighted by Crippen LogP contribution is 2.34. The van der Waals surface area contributed by atoms with Crippen molar-refractivity contribution in [3.8, 4) is 9.75 Å². The van der Waals surface area contributed by atoms with Gasteiger partial charge in [0.05, 0.1) is 17.5 Å². The molecule has 0 aliphatic rings. The van der Waals surface area contributed by atoms with Crippen LogP contribution in [0.2, 0.25) is 0 Å². The summed E-state index contributed by atoms with van der Waals surface area (Å²) >= 11 is 3.16. The Labute approximate surface area is 102 Å². The molecule has 0 atom stereocenters. The second kappa shape index (κ2) is 4.76. The van der Waals surface area contributed by atoms with Crippen LogP contribution in [0.1, 0.15) is 22.3 Å². The molecule has 0 unspecified atom stereocenters. The number of methoxy groups -OCH3 is 1. The third kappa shape index (κ3) is 2.01. The van der Waals surface area contributed by atoms with E-state index in [1.165, 1.54) is 23.3 Å². The second-order valence-corrected chi connectivity index (χ2v) is 5.16. The van der Waals surface area contributed by atoms with E-state index in [9.17, 15) is 4.79 Å². The molecule has 0 spiro atoms. The van der Waals surface area contributed by atoms with Gasteiger partial charge in [-0.15, -0.1) is 22.7 Å². The zero-order chi connectivity index (χ0) is 11.5. The molecular formula is C11H11NO2S2. The standard InChI is InChI=1S/C11H11NO2S2/c1-3-7-4-5-8(16-7)10-9(11(13)14-2)12-6-15-10/h4-6H,3H2,1-2H3. The molecular weight excluding hydrogens is 242 g/mol. The minimum atomic E-state index is -0.373. The van der Waals surface area contributed by atoms with Gasteiger partial charge in [0, 0.05) is 9.75 Å². The quantitative estimate of drug-likeness (QED) is 0.788. The first-order valence-corrected chi connectivity index (χ1v) is 6.56. The maximum absolute atomic E-state index is 11.5. The Kier molecular flexibility index (Phi) is 3.36. The Hall–Kier alpha value is -1.20. The minimum absolute atomic E-state index is 0.373. The van der Waals surface area contributed by atoms with Crippen LogP contribution in [0.25, 0.3) is 9.75 Å². The number of hydrogen-bond acceptors (Lipinski definition) is 5. The van der Waals surface area contributed by atoms with Gasteiger partial charge in [0.1, 0.15) is 0 Å². The number of thiophene rings is 1. The number of thiazole rings is 1.